The van der Waals surface area contributed by atoms with Crippen LogP contribution in [0.1, 0.15) is 18.0 Å². The van der Waals surface area contributed by atoms with E-state index in [4.69, 9.17) is 11.0 Å². The maximum atomic E-state index is 8.59. The lowest BCUT2D eigenvalue weighted by atomic mass is 10.0. The Kier molecular flexibility index (Phi) is 2.49. The molecule has 2 nitrogen and oxygen atoms in total. The van der Waals surface area contributed by atoms with Gasteiger partial charge in [0.05, 0.1) is 12.5 Å². The number of nitrogens with two attached hydrogens (primary N) is 1. The molecule has 2 rings (SSSR count). The van der Waals surface area contributed by atoms with Crippen LogP contribution in [0.5, 0.6) is 0 Å². The van der Waals surface area contributed by atoms with Crippen molar-refractivity contribution in [1.29, 1.82) is 5.26 Å². The van der Waals surface area contributed by atoms with Crippen LogP contribution in [0.2, 0.25) is 0 Å². The molecular weight excluding hydrogens is 192 g/mol. The average molecular weight is 202 g/mol. The lowest BCUT2D eigenvalue weighted by Crippen LogP contribution is -2.08. The van der Waals surface area contributed by atoms with Gasteiger partial charge in [0, 0.05) is 10.7 Å². The van der Waals surface area contributed by atoms with Crippen molar-refractivity contribution in [2.75, 3.05) is 0 Å². The van der Waals surface area contributed by atoms with Gasteiger partial charge in [-0.15, -0.1) is 11.3 Å². The number of hydrogen-bond donors (Lipinski definition) is 1. The van der Waals surface area contributed by atoms with E-state index < -0.39 is 0 Å². The number of nitriles is 1. The molecule has 0 bridgehead atoms. The molecule has 0 fully saturated rings. The molecule has 1 aromatic heterocycles. The number of rotatable bonds is 2. The van der Waals surface area contributed by atoms with Crippen LogP contribution in [0.25, 0.3) is 10.1 Å². The number of thiophene rings is 1. The smallest absolute Gasteiger partial charge is 0.0641 e. The molecule has 0 unspecified atom stereocenters. The molecule has 0 saturated heterocycles. The Balaban J connectivity index is 2.51. The van der Waals surface area contributed by atoms with E-state index in [9.17, 15) is 0 Å². The second-order valence-corrected chi connectivity index (χ2v) is 4.07. The Morgan fingerprint density at radius 3 is 3.07 bits per heavy atom. The Hall–Kier alpha value is -1.37. The van der Waals surface area contributed by atoms with Gasteiger partial charge < -0.3 is 5.73 Å². The van der Waals surface area contributed by atoms with Crippen LogP contribution in [-0.2, 0) is 0 Å². The lowest BCUT2D eigenvalue weighted by molar-refractivity contribution is 0.756. The molecule has 0 spiro atoms. The van der Waals surface area contributed by atoms with Crippen LogP contribution in [0.4, 0.5) is 0 Å². The summed E-state index contributed by atoms with van der Waals surface area (Å²) < 4.78 is 1.20. The molecule has 14 heavy (non-hydrogen) atoms. The van der Waals surface area contributed by atoms with Crippen LogP contribution in [0.15, 0.2) is 29.6 Å². The summed E-state index contributed by atoms with van der Waals surface area (Å²) in [6.45, 7) is 0. The highest BCUT2D eigenvalue weighted by molar-refractivity contribution is 7.17. The summed E-state index contributed by atoms with van der Waals surface area (Å²) in [4.78, 5) is 0. The summed E-state index contributed by atoms with van der Waals surface area (Å²) in [6.07, 6.45) is 0.372. The average Bonchev–Trinajstić information content (AvgIpc) is 2.65. The van der Waals surface area contributed by atoms with Crippen LogP contribution in [-0.4, -0.2) is 0 Å². The van der Waals surface area contributed by atoms with Gasteiger partial charge in [-0.3, -0.25) is 0 Å². The molecule has 2 N–H and O–H groups in total. The van der Waals surface area contributed by atoms with Crippen molar-refractivity contribution in [2.24, 2.45) is 5.73 Å². The van der Waals surface area contributed by atoms with E-state index in [1.807, 2.05) is 17.5 Å². The monoisotopic (exact) mass is 202 g/mol. The topological polar surface area (TPSA) is 49.8 Å². The zero-order valence-corrected chi connectivity index (χ0v) is 8.42. The molecule has 0 amide bonds. The molecule has 0 aliphatic heterocycles. The van der Waals surface area contributed by atoms with Crippen molar-refractivity contribution in [2.45, 2.75) is 12.5 Å². The first-order chi connectivity index (χ1) is 6.83. The van der Waals surface area contributed by atoms with E-state index in [2.05, 4.69) is 18.2 Å². The van der Waals surface area contributed by atoms with Gasteiger partial charge in [-0.2, -0.15) is 5.26 Å². The highest BCUT2D eigenvalue weighted by Crippen LogP contribution is 2.28. The molecule has 0 aliphatic rings. The fourth-order valence-electron chi connectivity index (χ4n) is 1.52. The van der Waals surface area contributed by atoms with Crippen molar-refractivity contribution < 1.29 is 0 Å². The van der Waals surface area contributed by atoms with Gasteiger partial charge in [0.25, 0.3) is 0 Å². The molecule has 70 valence electrons. The standard InChI is InChI=1S/C11H10N2S/c12-6-4-10(13)9-3-1-2-8-5-7-14-11(8)9/h1-3,5,7,10H,4,13H2/t10-/m0/s1. The van der Waals surface area contributed by atoms with Crippen molar-refractivity contribution in [3.05, 3.63) is 35.2 Å². The Morgan fingerprint density at radius 1 is 1.43 bits per heavy atom. The fraction of sp³-hybridized carbons (Fsp3) is 0.182. The van der Waals surface area contributed by atoms with E-state index in [1.54, 1.807) is 11.3 Å². The second-order valence-electron chi connectivity index (χ2n) is 3.15. The number of hydrogen-bond acceptors (Lipinski definition) is 3. The van der Waals surface area contributed by atoms with E-state index in [-0.39, 0.29) is 6.04 Å². The minimum atomic E-state index is -0.164. The SMILES string of the molecule is N#CC[C@H](N)c1cccc2ccsc12. The summed E-state index contributed by atoms with van der Waals surface area (Å²) in [7, 11) is 0. The minimum absolute atomic E-state index is 0.164. The first kappa shape index (κ1) is 9.20. The Labute approximate surface area is 86.6 Å². The molecule has 0 aliphatic carbocycles. The highest BCUT2D eigenvalue weighted by Gasteiger charge is 2.09. The van der Waals surface area contributed by atoms with Gasteiger partial charge in [-0.1, -0.05) is 18.2 Å². The number of fused-ring (bicyclic) bond motifs is 1. The van der Waals surface area contributed by atoms with Crippen molar-refractivity contribution in [3.63, 3.8) is 0 Å². The number of benzene rings is 1. The summed E-state index contributed by atoms with van der Waals surface area (Å²) in [5, 5.41) is 11.9. The van der Waals surface area contributed by atoms with Crippen LogP contribution in [0.3, 0.4) is 0 Å². The minimum Gasteiger partial charge on any atom is -0.323 e. The first-order valence-electron chi connectivity index (χ1n) is 4.41. The maximum absolute atomic E-state index is 8.59. The van der Waals surface area contributed by atoms with Gasteiger partial charge >= 0.3 is 0 Å². The van der Waals surface area contributed by atoms with Gasteiger partial charge in [0.1, 0.15) is 0 Å². The predicted molar refractivity (Wildman–Crippen MR) is 59.0 cm³/mol. The summed E-state index contributed by atoms with van der Waals surface area (Å²) >= 11 is 1.68. The van der Waals surface area contributed by atoms with E-state index >= 15 is 0 Å². The Morgan fingerprint density at radius 2 is 2.29 bits per heavy atom. The van der Waals surface area contributed by atoms with Crippen molar-refractivity contribution in [3.8, 4) is 6.07 Å². The van der Waals surface area contributed by atoms with Gasteiger partial charge in [-0.05, 0) is 22.4 Å². The molecule has 2 aromatic rings. The number of nitrogens with zero attached hydrogens (tertiary/aromatic N) is 1. The third kappa shape index (κ3) is 1.50. The molecule has 0 saturated carbocycles. The van der Waals surface area contributed by atoms with Crippen LogP contribution in [0, 0.1) is 11.3 Å². The quantitative estimate of drug-likeness (QED) is 0.814. The molecular formula is C11H10N2S. The first-order valence-corrected chi connectivity index (χ1v) is 5.29. The van der Waals surface area contributed by atoms with E-state index in [1.165, 1.54) is 10.1 Å². The normalized spacial score (nSPS) is 12.6. The van der Waals surface area contributed by atoms with Gasteiger partial charge in [0.2, 0.25) is 0 Å². The van der Waals surface area contributed by atoms with Crippen molar-refractivity contribution >= 4 is 21.4 Å². The van der Waals surface area contributed by atoms with Crippen molar-refractivity contribution in [1.82, 2.24) is 0 Å². The third-order valence-electron chi connectivity index (χ3n) is 2.22. The maximum Gasteiger partial charge on any atom is 0.0641 e. The summed E-state index contributed by atoms with van der Waals surface area (Å²) in [5.74, 6) is 0. The second kappa shape index (κ2) is 3.79. The zero-order valence-electron chi connectivity index (χ0n) is 7.60. The van der Waals surface area contributed by atoms with Crippen LogP contribution < -0.4 is 5.73 Å². The highest BCUT2D eigenvalue weighted by atomic mass is 32.1. The van der Waals surface area contributed by atoms with Crippen LogP contribution >= 0.6 is 11.3 Å². The molecule has 1 aromatic carbocycles. The zero-order chi connectivity index (χ0) is 9.97. The lowest BCUT2D eigenvalue weighted by Gasteiger charge is -2.08. The predicted octanol–water partition coefficient (Wildman–Crippen LogP) is 2.81. The van der Waals surface area contributed by atoms with E-state index in [0.29, 0.717) is 6.42 Å². The fourth-order valence-corrected chi connectivity index (χ4v) is 2.49. The molecule has 3 heteroatoms. The van der Waals surface area contributed by atoms with Gasteiger partial charge in [-0.25, -0.2) is 0 Å². The largest absolute Gasteiger partial charge is 0.323 e. The molecule has 0 radical (unpaired) electrons. The van der Waals surface area contributed by atoms with E-state index in [0.717, 1.165) is 5.56 Å². The molecule has 1 heterocycles. The summed E-state index contributed by atoms with van der Waals surface area (Å²) in [6, 6.07) is 10.1. The Bertz CT molecular complexity index is 481. The van der Waals surface area contributed by atoms with Gasteiger partial charge in [0.15, 0.2) is 0 Å². The third-order valence-corrected chi connectivity index (χ3v) is 3.20. The summed E-state index contributed by atoms with van der Waals surface area (Å²) in [5.41, 5.74) is 7.00. The molecule has 1 atom stereocenters.